The lowest BCUT2D eigenvalue weighted by Gasteiger charge is -2.44. The third kappa shape index (κ3) is 4.40. The first-order valence-electron chi connectivity index (χ1n) is 11.7. The molecular weight excluding hydrogens is 439 g/mol. The van der Waals surface area contributed by atoms with E-state index in [-0.39, 0.29) is 42.4 Å². The molecule has 34 heavy (non-hydrogen) atoms. The number of aromatic nitrogens is 1. The number of piperidine rings is 1. The van der Waals surface area contributed by atoms with Crippen LogP contribution in [-0.4, -0.2) is 64.0 Å². The number of benzene rings is 1. The number of nitrogens with zero attached hydrogens (tertiary/aromatic N) is 3. The second-order valence-corrected chi connectivity index (χ2v) is 9.13. The summed E-state index contributed by atoms with van der Waals surface area (Å²) < 4.78 is 19.6. The molecule has 3 aliphatic rings. The van der Waals surface area contributed by atoms with Crippen LogP contribution in [0.3, 0.4) is 0 Å². The van der Waals surface area contributed by atoms with Gasteiger partial charge in [0.15, 0.2) is 0 Å². The Bertz CT molecular complexity index is 1070. The normalized spacial score (nSPS) is 21.5. The third-order valence-corrected chi connectivity index (χ3v) is 6.85. The zero-order valence-corrected chi connectivity index (χ0v) is 18.8. The van der Waals surface area contributed by atoms with E-state index in [0.29, 0.717) is 25.9 Å². The van der Waals surface area contributed by atoms with Gasteiger partial charge in [-0.1, -0.05) is 6.07 Å². The maximum Gasteiger partial charge on any atom is 0.256 e. The molecule has 2 aliphatic heterocycles. The maximum atomic E-state index is 13.6. The first kappa shape index (κ1) is 22.5. The lowest BCUT2D eigenvalue weighted by molar-refractivity contribution is -0.144. The van der Waals surface area contributed by atoms with Crippen molar-refractivity contribution < 1.29 is 23.5 Å². The number of amides is 3. The van der Waals surface area contributed by atoms with Crippen LogP contribution in [0.25, 0.3) is 0 Å². The molecule has 1 saturated carbocycles. The second kappa shape index (κ2) is 9.13. The van der Waals surface area contributed by atoms with Crippen molar-refractivity contribution in [1.82, 2.24) is 20.1 Å². The van der Waals surface area contributed by atoms with Gasteiger partial charge in [-0.25, -0.2) is 4.39 Å². The van der Waals surface area contributed by atoms with Crippen LogP contribution in [-0.2, 0) is 20.9 Å². The Labute approximate surface area is 197 Å². The number of rotatable bonds is 5. The summed E-state index contributed by atoms with van der Waals surface area (Å²) in [5, 5.41) is 2.88. The summed E-state index contributed by atoms with van der Waals surface area (Å²) in [6.07, 6.45) is 6.04. The molecule has 1 unspecified atom stereocenters. The van der Waals surface area contributed by atoms with Gasteiger partial charge in [-0.2, -0.15) is 0 Å². The van der Waals surface area contributed by atoms with Crippen molar-refractivity contribution in [2.24, 2.45) is 5.92 Å². The van der Waals surface area contributed by atoms with Crippen LogP contribution < -0.4 is 5.32 Å². The van der Waals surface area contributed by atoms with Crippen LogP contribution in [0.4, 0.5) is 4.39 Å². The van der Waals surface area contributed by atoms with E-state index in [2.05, 4.69) is 10.3 Å². The van der Waals surface area contributed by atoms with E-state index in [0.717, 1.165) is 18.4 Å². The number of carbonyl (C=O) groups is 3. The number of ether oxygens (including phenoxy) is 1. The van der Waals surface area contributed by atoms with Crippen molar-refractivity contribution in [1.29, 1.82) is 0 Å². The van der Waals surface area contributed by atoms with Crippen molar-refractivity contribution in [3.8, 4) is 0 Å². The molecule has 2 aromatic rings. The zero-order valence-electron chi connectivity index (χ0n) is 18.8. The molecule has 1 spiro atoms. The fraction of sp³-hybridized carbons (Fsp3) is 0.440. The topological polar surface area (TPSA) is 91.8 Å². The predicted octanol–water partition coefficient (Wildman–Crippen LogP) is 2.11. The average Bonchev–Trinajstić information content (AvgIpc) is 3.66. The van der Waals surface area contributed by atoms with Gasteiger partial charge in [0.25, 0.3) is 5.91 Å². The molecule has 3 fully saturated rings. The highest BCUT2D eigenvalue weighted by Crippen LogP contribution is 2.40. The molecule has 0 bridgehead atoms. The van der Waals surface area contributed by atoms with E-state index in [1.165, 1.54) is 29.2 Å². The molecule has 1 aromatic heterocycles. The van der Waals surface area contributed by atoms with E-state index < -0.39 is 17.6 Å². The standard InChI is InChI=1S/C25H27FN4O4/c26-20-7-5-19(6-8-20)24(33)30-21(22(31)28-15-17-2-1-11-27-14-17)16-34-25(30)9-12-29(13-10-25)23(32)18-3-4-18/h1-2,5-8,11,14,18,21H,3-4,9-10,12-13,15-16H2,(H,28,31). The minimum absolute atomic E-state index is 0.0579. The number of halogens is 1. The van der Waals surface area contributed by atoms with E-state index in [4.69, 9.17) is 4.74 Å². The Morgan fingerprint density at radius 1 is 1.12 bits per heavy atom. The van der Waals surface area contributed by atoms with Crippen LogP contribution >= 0.6 is 0 Å². The van der Waals surface area contributed by atoms with Crippen molar-refractivity contribution in [2.45, 2.75) is 44.0 Å². The lowest BCUT2D eigenvalue weighted by atomic mass is 9.96. The Morgan fingerprint density at radius 2 is 1.85 bits per heavy atom. The van der Waals surface area contributed by atoms with Crippen LogP contribution in [0.2, 0.25) is 0 Å². The molecule has 2 saturated heterocycles. The van der Waals surface area contributed by atoms with E-state index in [9.17, 15) is 18.8 Å². The number of nitrogens with one attached hydrogen (secondary N) is 1. The molecule has 1 N–H and O–H groups in total. The minimum atomic E-state index is -0.984. The van der Waals surface area contributed by atoms with Crippen molar-refractivity contribution in [3.05, 3.63) is 65.7 Å². The van der Waals surface area contributed by atoms with Gasteiger partial charge >= 0.3 is 0 Å². The van der Waals surface area contributed by atoms with Crippen LogP contribution in [0.5, 0.6) is 0 Å². The second-order valence-electron chi connectivity index (χ2n) is 9.13. The Morgan fingerprint density at radius 3 is 2.50 bits per heavy atom. The molecule has 0 radical (unpaired) electrons. The Balaban J connectivity index is 1.36. The van der Waals surface area contributed by atoms with E-state index in [1.54, 1.807) is 18.5 Å². The molecule has 8 nitrogen and oxygen atoms in total. The summed E-state index contributed by atoms with van der Waals surface area (Å²) in [4.78, 5) is 46.7. The van der Waals surface area contributed by atoms with Gasteiger partial charge in [0, 0.05) is 56.4 Å². The number of likely N-dealkylation sites (tertiary alicyclic amines) is 1. The Kier molecular flexibility index (Phi) is 6.03. The number of pyridine rings is 1. The first-order chi connectivity index (χ1) is 16.5. The number of carbonyl (C=O) groups excluding carboxylic acids is 3. The fourth-order valence-corrected chi connectivity index (χ4v) is 4.77. The van der Waals surface area contributed by atoms with E-state index in [1.807, 2.05) is 11.0 Å². The van der Waals surface area contributed by atoms with Crippen molar-refractivity contribution >= 4 is 17.7 Å². The first-order valence-corrected chi connectivity index (χ1v) is 11.7. The summed E-state index contributed by atoms with van der Waals surface area (Å²) >= 11 is 0. The zero-order chi connectivity index (χ0) is 23.7. The summed E-state index contributed by atoms with van der Waals surface area (Å²) in [5.41, 5.74) is 0.142. The molecule has 9 heteroatoms. The van der Waals surface area contributed by atoms with Gasteiger partial charge in [-0.3, -0.25) is 24.3 Å². The fourth-order valence-electron chi connectivity index (χ4n) is 4.77. The highest BCUT2D eigenvalue weighted by molar-refractivity contribution is 5.98. The highest BCUT2D eigenvalue weighted by Gasteiger charge is 2.54. The summed E-state index contributed by atoms with van der Waals surface area (Å²) in [5.74, 6) is -0.869. The van der Waals surface area contributed by atoms with Crippen LogP contribution in [0.15, 0.2) is 48.8 Å². The Hall–Kier alpha value is -3.33. The smallest absolute Gasteiger partial charge is 0.256 e. The molecule has 1 aromatic carbocycles. The van der Waals surface area contributed by atoms with Crippen LogP contribution in [0, 0.1) is 11.7 Å². The van der Waals surface area contributed by atoms with Gasteiger partial charge < -0.3 is 15.0 Å². The van der Waals surface area contributed by atoms with Gasteiger partial charge in [0.2, 0.25) is 11.8 Å². The quantitative estimate of drug-likeness (QED) is 0.729. The average molecular weight is 467 g/mol. The number of hydrogen-bond acceptors (Lipinski definition) is 5. The highest BCUT2D eigenvalue weighted by atomic mass is 19.1. The van der Waals surface area contributed by atoms with Crippen molar-refractivity contribution in [3.63, 3.8) is 0 Å². The summed E-state index contributed by atoms with van der Waals surface area (Å²) in [6.45, 7) is 1.26. The molecule has 178 valence electrons. The number of hydrogen-bond donors (Lipinski definition) is 1. The molecule has 1 aliphatic carbocycles. The largest absolute Gasteiger partial charge is 0.353 e. The molecular formula is C25H27FN4O4. The predicted molar refractivity (Wildman–Crippen MR) is 120 cm³/mol. The molecule has 3 heterocycles. The molecule has 3 amide bonds. The summed E-state index contributed by atoms with van der Waals surface area (Å²) in [6, 6.07) is 8.10. The van der Waals surface area contributed by atoms with Gasteiger partial charge in [0.1, 0.15) is 17.6 Å². The monoisotopic (exact) mass is 466 g/mol. The molecule has 1 atom stereocenters. The van der Waals surface area contributed by atoms with Gasteiger partial charge in [-0.15, -0.1) is 0 Å². The third-order valence-electron chi connectivity index (χ3n) is 6.85. The summed E-state index contributed by atoms with van der Waals surface area (Å²) in [7, 11) is 0. The van der Waals surface area contributed by atoms with Crippen LogP contribution in [0.1, 0.15) is 41.6 Å². The SMILES string of the molecule is O=C(NCc1cccnc1)C1COC2(CCN(C(=O)C3CC3)CC2)N1C(=O)c1ccc(F)cc1. The maximum absolute atomic E-state index is 13.6. The van der Waals surface area contributed by atoms with Gasteiger partial charge in [0.05, 0.1) is 6.61 Å². The minimum Gasteiger partial charge on any atom is -0.353 e. The molecule has 5 rings (SSSR count). The van der Waals surface area contributed by atoms with E-state index >= 15 is 0 Å². The van der Waals surface area contributed by atoms with Crippen molar-refractivity contribution in [2.75, 3.05) is 19.7 Å². The van der Waals surface area contributed by atoms with Gasteiger partial charge in [-0.05, 0) is 48.7 Å². The lowest BCUT2D eigenvalue weighted by Crippen LogP contribution is -2.59.